The number of carboxylic acid groups (broad SMARTS) is 1. The quantitative estimate of drug-likeness (QED) is 0.851. The molecule has 2 heterocycles. The molecule has 1 N–H and O–H groups in total. The van der Waals surface area contributed by atoms with E-state index in [2.05, 4.69) is 0 Å². The summed E-state index contributed by atoms with van der Waals surface area (Å²) in [6.45, 7) is 0. The van der Waals surface area contributed by atoms with E-state index < -0.39 is 22.0 Å². The summed E-state index contributed by atoms with van der Waals surface area (Å²) in [7, 11) is -1.99. The van der Waals surface area contributed by atoms with Gasteiger partial charge >= 0.3 is 5.97 Å². The predicted octanol–water partition coefficient (Wildman–Crippen LogP) is 0.173. The second kappa shape index (κ2) is 4.35. The van der Waals surface area contributed by atoms with Crippen LogP contribution in [0.2, 0.25) is 0 Å². The molecule has 94 valence electrons. The summed E-state index contributed by atoms with van der Waals surface area (Å²) in [5.41, 5.74) is 0. The Labute approximate surface area is 103 Å². The highest BCUT2D eigenvalue weighted by atomic mass is 32.2. The summed E-state index contributed by atoms with van der Waals surface area (Å²) < 4.78 is 27.1. The lowest BCUT2D eigenvalue weighted by Crippen LogP contribution is -2.41. The number of aromatic nitrogens is 1. The average molecular weight is 276 g/mol. The minimum atomic E-state index is -3.70. The van der Waals surface area contributed by atoms with Crippen molar-refractivity contribution < 1.29 is 18.3 Å². The van der Waals surface area contributed by atoms with Gasteiger partial charge in [-0.1, -0.05) is 0 Å². The Morgan fingerprint density at radius 3 is 2.82 bits per heavy atom. The fourth-order valence-electron chi connectivity index (χ4n) is 1.62. The van der Waals surface area contributed by atoms with Crippen molar-refractivity contribution in [1.82, 2.24) is 8.87 Å². The number of sulfonamides is 1. The van der Waals surface area contributed by atoms with Crippen molar-refractivity contribution in [2.24, 2.45) is 7.05 Å². The molecule has 0 aromatic carbocycles. The Balaban J connectivity index is 2.36. The molecule has 0 saturated carbocycles. The Bertz CT molecular complexity index is 537. The van der Waals surface area contributed by atoms with Crippen molar-refractivity contribution in [1.29, 1.82) is 0 Å². The second-order valence-corrected chi connectivity index (χ2v) is 6.65. The van der Waals surface area contributed by atoms with E-state index >= 15 is 0 Å². The summed E-state index contributed by atoms with van der Waals surface area (Å²) >= 11 is 1.31. The molecule has 1 aromatic rings. The third kappa shape index (κ3) is 2.20. The number of carboxylic acids is 1. The van der Waals surface area contributed by atoms with Crippen molar-refractivity contribution >= 4 is 27.8 Å². The number of aliphatic carboxylic acids is 1. The van der Waals surface area contributed by atoms with E-state index in [1.807, 2.05) is 0 Å². The number of thioether (sulfide) groups is 1. The molecule has 6 nitrogen and oxygen atoms in total. The van der Waals surface area contributed by atoms with Crippen molar-refractivity contribution in [2.75, 3.05) is 11.6 Å². The summed E-state index contributed by atoms with van der Waals surface area (Å²) in [6.07, 6.45) is 3.09. The largest absolute Gasteiger partial charge is 0.480 e. The zero-order valence-corrected chi connectivity index (χ0v) is 10.7. The number of hydrogen-bond donors (Lipinski definition) is 1. The maximum atomic E-state index is 12.2. The lowest BCUT2D eigenvalue weighted by Gasteiger charge is -2.19. The first-order chi connectivity index (χ1) is 7.93. The highest BCUT2D eigenvalue weighted by Gasteiger charge is 2.40. The third-order valence-corrected chi connectivity index (χ3v) is 5.55. The third-order valence-electron chi connectivity index (χ3n) is 2.54. The van der Waals surface area contributed by atoms with Crippen LogP contribution in [-0.2, 0) is 21.9 Å². The van der Waals surface area contributed by atoms with E-state index in [4.69, 9.17) is 5.11 Å². The van der Waals surface area contributed by atoms with Crippen molar-refractivity contribution in [3.8, 4) is 0 Å². The Morgan fingerprint density at radius 2 is 2.29 bits per heavy atom. The van der Waals surface area contributed by atoms with Crippen LogP contribution in [0.25, 0.3) is 0 Å². The molecular weight excluding hydrogens is 264 g/mol. The van der Waals surface area contributed by atoms with Gasteiger partial charge in [0.15, 0.2) is 0 Å². The molecule has 1 fully saturated rings. The lowest BCUT2D eigenvalue weighted by molar-refractivity contribution is -0.140. The molecule has 0 spiro atoms. The van der Waals surface area contributed by atoms with E-state index in [1.54, 1.807) is 17.8 Å². The first kappa shape index (κ1) is 12.5. The fraction of sp³-hybridized carbons (Fsp3) is 0.444. The number of nitrogens with zero attached hydrogens (tertiary/aromatic N) is 2. The van der Waals surface area contributed by atoms with E-state index in [0.29, 0.717) is 5.75 Å². The van der Waals surface area contributed by atoms with Crippen LogP contribution < -0.4 is 0 Å². The second-order valence-electron chi connectivity index (χ2n) is 3.76. The first-order valence-corrected chi connectivity index (χ1v) is 7.47. The van der Waals surface area contributed by atoms with Gasteiger partial charge in [0.25, 0.3) is 0 Å². The van der Waals surface area contributed by atoms with Crippen molar-refractivity contribution in [3.63, 3.8) is 0 Å². The highest BCUT2D eigenvalue weighted by Crippen LogP contribution is 2.28. The summed E-state index contributed by atoms with van der Waals surface area (Å²) in [4.78, 5) is 11.1. The van der Waals surface area contributed by atoms with Crippen molar-refractivity contribution in [2.45, 2.75) is 10.9 Å². The zero-order valence-electron chi connectivity index (χ0n) is 9.11. The number of rotatable bonds is 3. The zero-order chi connectivity index (χ0) is 12.6. The fourth-order valence-corrected chi connectivity index (χ4v) is 4.81. The normalized spacial score (nSPS) is 21.8. The molecule has 0 radical (unpaired) electrons. The molecule has 2 rings (SSSR count). The van der Waals surface area contributed by atoms with Gasteiger partial charge in [-0.15, -0.1) is 11.8 Å². The molecule has 8 heteroatoms. The standard InChI is InChI=1S/C9H12N2O4S2/c1-10-3-2-7(4-10)17(14,15)11-6-16-5-8(11)9(12)13/h2-4,8H,5-6H2,1H3,(H,12,13). The Hall–Kier alpha value is -0.990. The van der Waals surface area contributed by atoms with Gasteiger partial charge in [0, 0.05) is 25.2 Å². The van der Waals surface area contributed by atoms with Crippen LogP contribution in [0, 0.1) is 0 Å². The SMILES string of the molecule is Cn1ccc(S(=O)(=O)N2CSCC2C(=O)O)c1. The first-order valence-electron chi connectivity index (χ1n) is 4.87. The number of hydrogen-bond acceptors (Lipinski definition) is 4. The molecule has 1 atom stereocenters. The molecule has 1 unspecified atom stereocenters. The molecule has 0 amide bonds. The van der Waals surface area contributed by atoms with E-state index in [1.165, 1.54) is 24.0 Å². The number of carbonyl (C=O) groups is 1. The van der Waals surface area contributed by atoms with Gasteiger partial charge in [-0.2, -0.15) is 4.31 Å². The van der Waals surface area contributed by atoms with Gasteiger partial charge < -0.3 is 9.67 Å². The van der Waals surface area contributed by atoms with Crippen LogP contribution in [0.15, 0.2) is 23.4 Å². The van der Waals surface area contributed by atoms with Gasteiger partial charge in [0.05, 0.1) is 10.8 Å². The molecule has 1 aliphatic rings. The molecule has 0 bridgehead atoms. The maximum Gasteiger partial charge on any atom is 0.322 e. The molecule has 1 aliphatic heterocycles. The van der Waals surface area contributed by atoms with Crippen LogP contribution in [0.1, 0.15) is 0 Å². The van der Waals surface area contributed by atoms with Crippen LogP contribution in [0.5, 0.6) is 0 Å². The van der Waals surface area contributed by atoms with Crippen LogP contribution in [0.3, 0.4) is 0 Å². The van der Waals surface area contributed by atoms with Crippen LogP contribution >= 0.6 is 11.8 Å². The van der Waals surface area contributed by atoms with Gasteiger partial charge in [-0.25, -0.2) is 8.42 Å². The van der Waals surface area contributed by atoms with Gasteiger partial charge in [0.1, 0.15) is 6.04 Å². The number of aryl methyl sites for hydroxylation is 1. The molecular formula is C9H12N2O4S2. The van der Waals surface area contributed by atoms with Gasteiger partial charge in [-0.05, 0) is 6.07 Å². The molecule has 1 aromatic heterocycles. The van der Waals surface area contributed by atoms with Gasteiger partial charge in [-0.3, -0.25) is 4.79 Å². The molecule has 0 aliphatic carbocycles. The van der Waals surface area contributed by atoms with Gasteiger partial charge in [0.2, 0.25) is 10.0 Å². The minimum Gasteiger partial charge on any atom is -0.480 e. The lowest BCUT2D eigenvalue weighted by atomic mass is 10.4. The monoisotopic (exact) mass is 276 g/mol. The minimum absolute atomic E-state index is 0.133. The molecule has 1 saturated heterocycles. The summed E-state index contributed by atoms with van der Waals surface area (Å²) in [5, 5.41) is 8.97. The smallest absolute Gasteiger partial charge is 0.322 e. The van der Waals surface area contributed by atoms with E-state index in [-0.39, 0.29) is 10.8 Å². The van der Waals surface area contributed by atoms with Crippen LogP contribution in [0.4, 0.5) is 0 Å². The Kier molecular flexibility index (Phi) is 3.19. The Morgan fingerprint density at radius 1 is 1.59 bits per heavy atom. The predicted molar refractivity (Wildman–Crippen MR) is 63.2 cm³/mol. The topological polar surface area (TPSA) is 79.6 Å². The molecule has 17 heavy (non-hydrogen) atoms. The average Bonchev–Trinajstić information content (AvgIpc) is 2.84. The van der Waals surface area contributed by atoms with E-state index in [9.17, 15) is 13.2 Å². The maximum absolute atomic E-state index is 12.2. The van der Waals surface area contributed by atoms with Crippen molar-refractivity contribution in [3.05, 3.63) is 18.5 Å². The summed E-state index contributed by atoms with van der Waals surface area (Å²) in [5.74, 6) is -0.621. The summed E-state index contributed by atoms with van der Waals surface area (Å²) in [6, 6.07) is 0.502. The van der Waals surface area contributed by atoms with E-state index in [0.717, 1.165) is 4.31 Å². The highest BCUT2D eigenvalue weighted by molar-refractivity contribution is 8.00. The van der Waals surface area contributed by atoms with Crippen LogP contribution in [-0.4, -0.2) is 46.0 Å².